The van der Waals surface area contributed by atoms with Crippen LogP contribution in [0.4, 0.5) is 22.0 Å². The molecule has 1 N–H and O–H groups in total. The van der Waals surface area contributed by atoms with E-state index < -0.39 is 53.1 Å². The van der Waals surface area contributed by atoms with Crippen LogP contribution in [0.1, 0.15) is 23.2 Å². The van der Waals surface area contributed by atoms with Crippen molar-refractivity contribution in [3.63, 3.8) is 0 Å². The quantitative estimate of drug-likeness (QED) is 0.445. The molecule has 33 heavy (non-hydrogen) atoms. The Hall–Kier alpha value is -3.05. The Morgan fingerprint density at radius 1 is 1.15 bits per heavy atom. The topological polar surface area (TPSA) is 73.2 Å². The minimum atomic E-state index is -4.81. The van der Waals surface area contributed by atoms with Crippen LogP contribution in [-0.2, 0) is 4.74 Å². The van der Waals surface area contributed by atoms with Gasteiger partial charge in [-0.2, -0.15) is 13.2 Å². The first kappa shape index (κ1) is 23.1. The summed E-state index contributed by atoms with van der Waals surface area (Å²) in [5.74, 6) is -3.23. The number of fused-ring (bicyclic) bond motifs is 1. The van der Waals surface area contributed by atoms with E-state index in [0.29, 0.717) is 6.07 Å². The minimum absolute atomic E-state index is 0.0615. The van der Waals surface area contributed by atoms with Gasteiger partial charge < -0.3 is 10.1 Å². The van der Waals surface area contributed by atoms with Crippen molar-refractivity contribution in [2.45, 2.75) is 24.6 Å². The molecule has 1 fully saturated rings. The van der Waals surface area contributed by atoms with Crippen LogP contribution in [0, 0.1) is 11.6 Å². The zero-order valence-corrected chi connectivity index (χ0v) is 17.4. The van der Waals surface area contributed by atoms with E-state index in [-0.39, 0.29) is 35.1 Å². The van der Waals surface area contributed by atoms with E-state index >= 15 is 0 Å². The minimum Gasteiger partial charge on any atom is -0.381 e. The summed E-state index contributed by atoms with van der Waals surface area (Å²) in [5, 5.41) is 1.70. The number of aromatic nitrogens is 2. The molecule has 3 heterocycles. The fraction of sp³-hybridized carbons (Fsp3) is 0.286. The van der Waals surface area contributed by atoms with Crippen molar-refractivity contribution in [1.29, 1.82) is 0 Å². The highest BCUT2D eigenvalue weighted by Crippen LogP contribution is 2.38. The summed E-state index contributed by atoms with van der Waals surface area (Å²) in [5.41, 5.74) is -4.64. The van der Waals surface area contributed by atoms with E-state index in [1.165, 1.54) is 12.1 Å². The maximum atomic E-state index is 14.5. The zero-order chi connectivity index (χ0) is 24.0. The summed E-state index contributed by atoms with van der Waals surface area (Å²) >= 11 is 5.90. The van der Waals surface area contributed by atoms with Crippen LogP contribution in [0.3, 0.4) is 0 Å². The highest BCUT2D eigenvalue weighted by molar-refractivity contribution is 6.29. The number of carbonyl (C=O) groups is 1. The molecule has 3 aromatic rings. The second-order valence-electron chi connectivity index (χ2n) is 7.49. The smallest absolute Gasteiger partial charge is 0.381 e. The first-order valence-electron chi connectivity index (χ1n) is 9.67. The van der Waals surface area contributed by atoms with Crippen molar-refractivity contribution in [3.8, 4) is 5.69 Å². The largest absolute Gasteiger partial charge is 0.411 e. The number of hydrogen-bond donors (Lipinski definition) is 1. The molecule has 1 aliphatic rings. The molecule has 6 nitrogen and oxygen atoms in total. The first-order valence-corrected chi connectivity index (χ1v) is 10.0. The molecular formula is C21H15ClF5N3O3. The van der Waals surface area contributed by atoms with Gasteiger partial charge in [-0.05, 0) is 24.3 Å². The van der Waals surface area contributed by atoms with E-state index in [2.05, 4.69) is 4.98 Å². The summed E-state index contributed by atoms with van der Waals surface area (Å²) in [6.45, 7) is -0.462. The maximum Gasteiger partial charge on any atom is 0.411 e. The second kappa shape index (κ2) is 8.38. The molecule has 4 rings (SSSR count). The van der Waals surface area contributed by atoms with Crippen molar-refractivity contribution in [3.05, 3.63) is 69.1 Å². The van der Waals surface area contributed by atoms with Gasteiger partial charge in [0.2, 0.25) is 5.43 Å². The van der Waals surface area contributed by atoms with E-state index in [1.54, 1.807) is 0 Å². The standard InChI is InChI=1S/C21H15ClF5N3O3/c22-16-4-2-12-17(31)13(19(32)29-20(21(25,26)27)5-7-33-8-6-20)10-30(18(12)28-16)15-3-1-11(23)9-14(15)24/h1-4,9-10H,5-8H2,(H,29,32). The third-order valence-electron chi connectivity index (χ3n) is 5.47. The highest BCUT2D eigenvalue weighted by atomic mass is 35.5. The number of halogens is 6. The molecule has 1 aliphatic heterocycles. The Kier molecular flexibility index (Phi) is 5.87. The zero-order valence-electron chi connectivity index (χ0n) is 16.7. The molecule has 0 spiro atoms. The average molecular weight is 488 g/mol. The number of nitrogens with one attached hydrogen (secondary N) is 1. The number of benzene rings is 1. The number of hydrogen-bond acceptors (Lipinski definition) is 4. The van der Waals surface area contributed by atoms with Gasteiger partial charge in [-0.3, -0.25) is 14.2 Å². The molecule has 0 aliphatic carbocycles. The molecule has 2 aromatic heterocycles. The molecular weight excluding hydrogens is 473 g/mol. The number of carbonyl (C=O) groups excluding carboxylic acids is 1. The summed E-state index contributed by atoms with van der Waals surface area (Å²) in [7, 11) is 0. The molecule has 0 atom stereocenters. The van der Waals surface area contributed by atoms with Crippen LogP contribution >= 0.6 is 11.6 Å². The van der Waals surface area contributed by atoms with Gasteiger partial charge in [0.1, 0.15) is 33.5 Å². The normalized spacial score (nSPS) is 16.1. The van der Waals surface area contributed by atoms with Gasteiger partial charge in [-0.1, -0.05) is 11.6 Å². The monoisotopic (exact) mass is 487 g/mol. The molecule has 0 radical (unpaired) electrons. The van der Waals surface area contributed by atoms with Crippen LogP contribution < -0.4 is 10.7 Å². The van der Waals surface area contributed by atoms with Crippen LogP contribution in [-0.4, -0.2) is 40.4 Å². The average Bonchev–Trinajstić information content (AvgIpc) is 2.74. The van der Waals surface area contributed by atoms with Crippen LogP contribution in [0.15, 0.2) is 41.3 Å². The SMILES string of the molecule is O=C(NC1(C(F)(F)F)CCOCC1)c1cn(-c2ccc(F)cc2F)c2nc(Cl)ccc2c1=O. The third-order valence-corrected chi connectivity index (χ3v) is 5.68. The number of rotatable bonds is 3. The predicted octanol–water partition coefficient (Wildman–Crippen LogP) is 4.16. The van der Waals surface area contributed by atoms with Gasteiger partial charge in [-0.15, -0.1) is 0 Å². The Morgan fingerprint density at radius 3 is 2.48 bits per heavy atom. The van der Waals surface area contributed by atoms with Crippen molar-refractivity contribution < 1.29 is 31.5 Å². The molecule has 0 saturated carbocycles. The van der Waals surface area contributed by atoms with Gasteiger partial charge in [-0.25, -0.2) is 13.8 Å². The van der Waals surface area contributed by atoms with Crippen LogP contribution in [0.5, 0.6) is 0 Å². The van der Waals surface area contributed by atoms with Crippen molar-refractivity contribution in [2.24, 2.45) is 0 Å². The lowest BCUT2D eigenvalue weighted by atomic mass is 9.88. The summed E-state index contributed by atoms with van der Waals surface area (Å²) in [6, 6.07) is 5.01. The molecule has 12 heteroatoms. The molecule has 1 amide bonds. The van der Waals surface area contributed by atoms with E-state index in [1.807, 2.05) is 5.32 Å². The van der Waals surface area contributed by atoms with E-state index in [4.69, 9.17) is 16.3 Å². The van der Waals surface area contributed by atoms with Crippen LogP contribution in [0.2, 0.25) is 5.15 Å². The Labute approximate surface area is 187 Å². The van der Waals surface area contributed by atoms with Gasteiger partial charge in [0.05, 0.1) is 11.1 Å². The Balaban J connectivity index is 1.89. The number of nitrogens with zero attached hydrogens (tertiary/aromatic N) is 2. The first-order chi connectivity index (χ1) is 15.5. The highest BCUT2D eigenvalue weighted by Gasteiger charge is 2.56. The third kappa shape index (κ3) is 4.18. The number of pyridine rings is 2. The lowest BCUT2D eigenvalue weighted by Crippen LogP contribution is -2.61. The summed E-state index contributed by atoms with van der Waals surface area (Å²) in [6.07, 6.45) is -5.01. The lowest BCUT2D eigenvalue weighted by Gasteiger charge is -2.39. The van der Waals surface area contributed by atoms with Gasteiger partial charge in [0, 0.05) is 38.3 Å². The summed E-state index contributed by atoms with van der Waals surface area (Å²) < 4.78 is 75.4. The molecule has 174 valence electrons. The van der Waals surface area contributed by atoms with Gasteiger partial charge in [0.25, 0.3) is 5.91 Å². The van der Waals surface area contributed by atoms with Gasteiger partial charge >= 0.3 is 6.18 Å². The molecule has 1 saturated heterocycles. The Morgan fingerprint density at radius 2 is 1.85 bits per heavy atom. The number of alkyl halides is 3. The van der Waals surface area contributed by atoms with Gasteiger partial charge in [0.15, 0.2) is 0 Å². The lowest BCUT2D eigenvalue weighted by molar-refractivity contribution is -0.212. The van der Waals surface area contributed by atoms with E-state index in [9.17, 15) is 31.5 Å². The maximum absolute atomic E-state index is 14.5. The fourth-order valence-corrected chi connectivity index (χ4v) is 3.83. The molecule has 0 bridgehead atoms. The number of ether oxygens (including phenoxy) is 1. The molecule has 1 aromatic carbocycles. The second-order valence-corrected chi connectivity index (χ2v) is 7.88. The van der Waals surface area contributed by atoms with E-state index in [0.717, 1.165) is 22.9 Å². The van der Waals surface area contributed by atoms with Crippen molar-refractivity contribution in [1.82, 2.24) is 14.9 Å². The Bertz CT molecular complexity index is 1300. The fourth-order valence-electron chi connectivity index (χ4n) is 3.69. The number of amides is 1. The van der Waals surface area contributed by atoms with Crippen molar-refractivity contribution in [2.75, 3.05) is 13.2 Å². The predicted molar refractivity (Wildman–Crippen MR) is 109 cm³/mol. The molecule has 0 unspecified atom stereocenters. The summed E-state index contributed by atoms with van der Waals surface area (Å²) in [4.78, 5) is 29.9. The van der Waals surface area contributed by atoms with Crippen molar-refractivity contribution >= 4 is 28.5 Å². The van der Waals surface area contributed by atoms with Crippen LogP contribution in [0.25, 0.3) is 16.7 Å².